The van der Waals surface area contributed by atoms with E-state index in [1.165, 1.54) is 0 Å². The third kappa shape index (κ3) is 4.29. The molecule has 0 saturated heterocycles. The van der Waals surface area contributed by atoms with Gasteiger partial charge in [0, 0.05) is 19.4 Å². The maximum absolute atomic E-state index is 12.8. The number of aryl methyl sites for hydroxylation is 1. The van der Waals surface area contributed by atoms with Crippen LogP contribution in [0.1, 0.15) is 30.9 Å². The minimum Gasteiger partial charge on any atom is -0.487 e. The molecule has 2 heterocycles. The van der Waals surface area contributed by atoms with Crippen LogP contribution in [0, 0.1) is 6.92 Å². The number of fused-ring (bicyclic) bond motifs is 2. The van der Waals surface area contributed by atoms with Crippen molar-refractivity contribution in [1.82, 2.24) is 5.32 Å². The fourth-order valence-electron chi connectivity index (χ4n) is 3.48. The number of nitrogens with zero attached hydrogens (tertiary/aromatic N) is 1. The highest BCUT2D eigenvalue weighted by Crippen LogP contribution is 2.35. The number of benzene rings is 2. The summed E-state index contributed by atoms with van der Waals surface area (Å²) in [7, 11) is 0. The Bertz CT molecular complexity index is 943. The Morgan fingerprint density at radius 3 is 2.72 bits per heavy atom. The summed E-state index contributed by atoms with van der Waals surface area (Å²) in [5.74, 6) is 1.85. The first-order chi connectivity index (χ1) is 14.0. The standard InChI is InChI=1S/C22H24N2O5/c1-14-3-5-18-17(9-14)24(12-15(2)29-18)22(26)8-7-21(25)23-11-16-4-6-19-20(10-16)28-13-27-19/h3-6,9-10,15H,7-8,11-13H2,1-2H3,(H,23,25)/t15-/m1/s1. The highest BCUT2D eigenvalue weighted by Gasteiger charge is 2.27. The summed E-state index contributed by atoms with van der Waals surface area (Å²) >= 11 is 0. The average molecular weight is 396 g/mol. The Morgan fingerprint density at radius 2 is 1.86 bits per heavy atom. The SMILES string of the molecule is Cc1ccc2c(c1)N(C(=O)CCC(=O)NCc1ccc3c(c1)OCO3)C[C@@H](C)O2. The van der Waals surface area contributed by atoms with E-state index in [1.807, 2.05) is 50.2 Å². The lowest BCUT2D eigenvalue weighted by atomic mass is 10.1. The molecule has 2 aliphatic rings. The third-order valence-corrected chi connectivity index (χ3v) is 4.97. The van der Waals surface area contributed by atoms with Crippen LogP contribution in [-0.4, -0.2) is 31.3 Å². The molecule has 2 amide bonds. The summed E-state index contributed by atoms with van der Waals surface area (Å²) in [6.45, 7) is 4.98. The molecular formula is C22H24N2O5. The normalized spacial score (nSPS) is 16.8. The van der Waals surface area contributed by atoms with Crippen molar-refractivity contribution < 1.29 is 23.8 Å². The second-order valence-electron chi connectivity index (χ2n) is 7.37. The Balaban J connectivity index is 1.31. The first kappa shape index (κ1) is 19.1. The molecular weight excluding hydrogens is 372 g/mol. The minimum atomic E-state index is -0.165. The van der Waals surface area contributed by atoms with Gasteiger partial charge in [-0.05, 0) is 49.2 Å². The smallest absolute Gasteiger partial charge is 0.231 e. The number of ether oxygens (including phenoxy) is 3. The number of rotatable bonds is 5. The predicted molar refractivity (Wildman–Crippen MR) is 107 cm³/mol. The van der Waals surface area contributed by atoms with Crippen LogP contribution >= 0.6 is 0 Å². The zero-order valence-corrected chi connectivity index (χ0v) is 16.6. The molecule has 1 N–H and O–H groups in total. The van der Waals surface area contributed by atoms with E-state index in [1.54, 1.807) is 4.90 Å². The molecule has 152 valence electrons. The van der Waals surface area contributed by atoms with Gasteiger partial charge in [0.15, 0.2) is 11.5 Å². The van der Waals surface area contributed by atoms with Crippen molar-refractivity contribution in [1.29, 1.82) is 0 Å². The fourth-order valence-corrected chi connectivity index (χ4v) is 3.48. The van der Waals surface area contributed by atoms with Crippen molar-refractivity contribution in [2.75, 3.05) is 18.2 Å². The Kier molecular flexibility index (Phi) is 5.29. The monoisotopic (exact) mass is 396 g/mol. The molecule has 7 nitrogen and oxygen atoms in total. The van der Waals surface area contributed by atoms with Crippen LogP contribution in [0.25, 0.3) is 0 Å². The Labute approximate surface area is 169 Å². The summed E-state index contributed by atoms with van der Waals surface area (Å²) in [5.41, 5.74) is 2.75. The summed E-state index contributed by atoms with van der Waals surface area (Å²) in [6, 6.07) is 11.3. The van der Waals surface area contributed by atoms with Gasteiger partial charge in [0.25, 0.3) is 0 Å². The lowest BCUT2D eigenvalue weighted by molar-refractivity contribution is -0.125. The summed E-state index contributed by atoms with van der Waals surface area (Å²) < 4.78 is 16.4. The maximum atomic E-state index is 12.8. The summed E-state index contributed by atoms with van der Waals surface area (Å²) in [6.07, 6.45) is 0.192. The molecule has 0 radical (unpaired) electrons. The van der Waals surface area contributed by atoms with Gasteiger partial charge in [0.1, 0.15) is 11.9 Å². The van der Waals surface area contributed by atoms with Gasteiger partial charge < -0.3 is 24.4 Å². The highest BCUT2D eigenvalue weighted by molar-refractivity contribution is 5.97. The number of anilines is 1. The molecule has 4 rings (SSSR count). The molecule has 0 fully saturated rings. The number of carbonyl (C=O) groups is 2. The van der Waals surface area contributed by atoms with Crippen molar-refractivity contribution in [3.05, 3.63) is 47.5 Å². The van der Waals surface area contributed by atoms with Crippen molar-refractivity contribution in [3.63, 3.8) is 0 Å². The third-order valence-electron chi connectivity index (χ3n) is 4.97. The van der Waals surface area contributed by atoms with Crippen molar-refractivity contribution >= 4 is 17.5 Å². The first-order valence-electron chi connectivity index (χ1n) is 9.72. The van der Waals surface area contributed by atoms with Gasteiger partial charge in [0.2, 0.25) is 18.6 Å². The van der Waals surface area contributed by atoms with E-state index in [-0.39, 0.29) is 37.6 Å². The predicted octanol–water partition coefficient (Wildman–Crippen LogP) is 2.93. The molecule has 0 aliphatic carbocycles. The van der Waals surface area contributed by atoms with Gasteiger partial charge in [-0.1, -0.05) is 12.1 Å². The van der Waals surface area contributed by atoms with Crippen LogP contribution in [0.5, 0.6) is 17.2 Å². The average Bonchev–Trinajstić information content (AvgIpc) is 3.18. The van der Waals surface area contributed by atoms with Gasteiger partial charge in [-0.3, -0.25) is 9.59 Å². The van der Waals surface area contributed by atoms with E-state index in [0.717, 1.165) is 16.8 Å². The lowest BCUT2D eigenvalue weighted by Gasteiger charge is -2.33. The molecule has 2 aromatic rings. The number of hydrogen-bond acceptors (Lipinski definition) is 5. The highest BCUT2D eigenvalue weighted by atomic mass is 16.7. The molecule has 7 heteroatoms. The van der Waals surface area contributed by atoms with Crippen LogP contribution in [0.3, 0.4) is 0 Å². The van der Waals surface area contributed by atoms with Crippen LogP contribution < -0.4 is 24.4 Å². The van der Waals surface area contributed by atoms with E-state index >= 15 is 0 Å². The molecule has 0 bridgehead atoms. The number of amides is 2. The van der Waals surface area contributed by atoms with Gasteiger partial charge in [-0.25, -0.2) is 0 Å². The van der Waals surface area contributed by atoms with Gasteiger partial charge >= 0.3 is 0 Å². The van der Waals surface area contributed by atoms with Crippen molar-refractivity contribution in [3.8, 4) is 17.2 Å². The van der Waals surface area contributed by atoms with Crippen LogP contribution in [0.2, 0.25) is 0 Å². The molecule has 0 saturated carbocycles. The summed E-state index contributed by atoms with van der Waals surface area (Å²) in [4.78, 5) is 26.7. The van der Waals surface area contributed by atoms with Crippen LogP contribution in [-0.2, 0) is 16.1 Å². The van der Waals surface area contributed by atoms with E-state index in [0.29, 0.717) is 30.3 Å². The zero-order chi connectivity index (χ0) is 20.4. The van der Waals surface area contributed by atoms with E-state index in [4.69, 9.17) is 14.2 Å². The molecule has 29 heavy (non-hydrogen) atoms. The first-order valence-corrected chi connectivity index (χ1v) is 9.72. The zero-order valence-electron chi connectivity index (χ0n) is 16.6. The Hall–Kier alpha value is -3.22. The number of nitrogens with one attached hydrogen (secondary N) is 1. The molecule has 0 aromatic heterocycles. The molecule has 0 spiro atoms. The quantitative estimate of drug-likeness (QED) is 0.841. The minimum absolute atomic E-state index is 0.0785. The largest absolute Gasteiger partial charge is 0.487 e. The summed E-state index contributed by atoms with van der Waals surface area (Å²) in [5, 5.41) is 2.85. The molecule has 1 atom stereocenters. The van der Waals surface area contributed by atoms with E-state index in [9.17, 15) is 9.59 Å². The fraction of sp³-hybridized carbons (Fsp3) is 0.364. The molecule has 2 aromatic carbocycles. The second kappa shape index (κ2) is 8.03. The van der Waals surface area contributed by atoms with Crippen molar-refractivity contribution in [2.24, 2.45) is 0 Å². The number of carbonyl (C=O) groups excluding carboxylic acids is 2. The van der Waals surface area contributed by atoms with E-state index < -0.39 is 0 Å². The maximum Gasteiger partial charge on any atom is 0.231 e. The van der Waals surface area contributed by atoms with Gasteiger partial charge in [-0.15, -0.1) is 0 Å². The van der Waals surface area contributed by atoms with Gasteiger partial charge in [0.05, 0.1) is 12.2 Å². The van der Waals surface area contributed by atoms with Crippen LogP contribution in [0.4, 0.5) is 5.69 Å². The second-order valence-corrected chi connectivity index (χ2v) is 7.37. The van der Waals surface area contributed by atoms with Crippen LogP contribution in [0.15, 0.2) is 36.4 Å². The molecule has 2 aliphatic heterocycles. The van der Waals surface area contributed by atoms with E-state index in [2.05, 4.69) is 5.32 Å². The van der Waals surface area contributed by atoms with Crippen molar-refractivity contribution in [2.45, 2.75) is 39.3 Å². The Morgan fingerprint density at radius 1 is 1.07 bits per heavy atom. The van der Waals surface area contributed by atoms with Gasteiger partial charge in [-0.2, -0.15) is 0 Å². The number of hydrogen-bond donors (Lipinski definition) is 1. The topological polar surface area (TPSA) is 77.1 Å². The lowest BCUT2D eigenvalue weighted by Crippen LogP contribution is -2.42. The molecule has 0 unspecified atom stereocenters.